The van der Waals surface area contributed by atoms with Crippen LogP contribution < -0.4 is 5.73 Å². The number of hydrogen-bond donors (Lipinski definition) is 1. The second-order valence-corrected chi connectivity index (χ2v) is 5.09. The van der Waals surface area contributed by atoms with E-state index in [2.05, 4.69) is 0 Å². The van der Waals surface area contributed by atoms with Gasteiger partial charge in [0, 0.05) is 16.7 Å². The van der Waals surface area contributed by atoms with Crippen molar-refractivity contribution in [2.24, 2.45) is 0 Å². The van der Waals surface area contributed by atoms with Crippen molar-refractivity contribution in [3.05, 3.63) is 59.2 Å². The van der Waals surface area contributed by atoms with E-state index in [1.165, 1.54) is 17.8 Å². The van der Waals surface area contributed by atoms with Gasteiger partial charge in [0.1, 0.15) is 11.6 Å². The highest BCUT2D eigenvalue weighted by molar-refractivity contribution is 7.98. The first-order valence-electron chi connectivity index (χ1n) is 5.49. The summed E-state index contributed by atoms with van der Waals surface area (Å²) in [7, 11) is 0. The third-order valence-electron chi connectivity index (χ3n) is 2.53. The first-order valence-corrected chi connectivity index (χ1v) is 6.47. The molecule has 0 radical (unpaired) electrons. The van der Waals surface area contributed by atoms with E-state index in [-0.39, 0.29) is 5.69 Å². The van der Waals surface area contributed by atoms with Crippen molar-refractivity contribution in [1.29, 1.82) is 0 Å². The lowest BCUT2D eigenvalue weighted by Gasteiger charge is -2.07. The van der Waals surface area contributed by atoms with Crippen molar-refractivity contribution < 1.29 is 8.78 Å². The monoisotopic (exact) mass is 265 g/mol. The molecule has 0 aromatic heterocycles. The molecule has 0 fully saturated rings. The van der Waals surface area contributed by atoms with Crippen LogP contribution in [0, 0.1) is 18.6 Å². The van der Waals surface area contributed by atoms with Gasteiger partial charge in [0.25, 0.3) is 0 Å². The minimum absolute atomic E-state index is 0.00838. The van der Waals surface area contributed by atoms with Crippen molar-refractivity contribution >= 4 is 17.4 Å². The van der Waals surface area contributed by atoms with Crippen LogP contribution in [0.5, 0.6) is 0 Å². The lowest BCUT2D eigenvalue weighted by atomic mass is 10.2. The van der Waals surface area contributed by atoms with Crippen molar-refractivity contribution in [2.45, 2.75) is 17.6 Å². The molecular weight excluding hydrogens is 252 g/mol. The smallest absolute Gasteiger partial charge is 0.150 e. The van der Waals surface area contributed by atoms with E-state index in [0.717, 1.165) is 17.2 Å². The Hall–Kier alpha value is -1.55. The van der Waals surface area contributed by atoms with E-state index < -0.39 is 11.6 Å². The SMILES string of the molecule is Cc1cccc(CSc2cc(F)cc(F)c2N)c1. The molecule has 2 aromatic rings. The summed E-state index contributed by atoms with van der Waals surface area (Å²) >= 11 is 1.33. The van der Waals surface area contributed by atoms with Crippen molar-refractivity contribution in [3.8, 4) is 0 Å². The van der Waals surface area contributed by atoms with Gasteiger partial charge in [-0.05, 0) is 18.6 Å². The third-order valence-corrected chi connectivity index (χ3v) is 3.66. The predicted octanol–water partition coefficient (Wildman–Crippen LogP) is 4.15. The highest BCUT2D eigenvalue weighted by Gasteiger charge is 2.08. The summed E-state index contributed by atoms with van der Waals surface area (Å²) in [5, 5.41) is 0. The fourth-order valence-electron chi connectivity index (χ4n) is 1.64. The van der Waals surface area contributed by atoms with Gasteiger partial charge in [0.2, 0.25) is 0 Å². The average molecular weight is 265 g/mol. The van der Waals surface area contributed by atoms with E-state index in [9.17, 15) is 8.78 Å². The maximum absolute atomic E-state index is 13.3. The topological polar surface area (TPSA) is 26.0 Å². The Balaban J connectivity index is 2.15. The number of anilines is 1. The van der Waals surface area contributed by atoms with E-state index in [1.807, 2.05) is 31.2 Å². The zero-order chi connectivity index (χ0) is 13.1. The summed E-state index contributed by atoms with van der Waals surface area (Å²) in [6, 6.07) is 10.0. The van der Waals surface area contributed by atoms with Gasteiger partial charge in [0.15, 0.2) is 0 Å². The van der Waals surface area contributed by atoms with Crippen molar-refractivity contribution in [3.63, 3.8) is 0 Å². The number of thioether (sulfide) groups is 1. The van der Waals surface area contributed by atoms with E-state index in [1.54, 1.807) is 0 Å². The molecule has 0 saturated carbocycles. The highest BCUT2D eigenvalue weighted by atomic mass is 32.2. The summed E-state index contributed by atoms with van der Waals surface area (Å²) in [5.74, 6) is -0.676. The largest absolute Gasteiger partial charge is 0.395 e. The number of rotatable bonds is 3. The average Bonchev–Trinajstić information content (AvgIpc) is 2.32. The summed E-state index contributed by atoms with van der Waals surface area (Å²) in [6.07, 6.45) is 0. The molecule has 1 nitrogen and oxygen atoms in total. The van der Waals surface area contributed by atoms with Crippen molar-refractivity contribution in [2.75, 3.05) is 5.73 Å². The summed E-state index contributed by atoms with van der Waals surface area (Å²) in [6.45, 7) is 2.00. The first kappa shape index (κ1) is 12.9. The van der Waals surface area contributed by atoms with Gasteiger partial charge in [-0.15, -0.1) is 11.8 Å². The van der Waals surface area contributed by atoms with E-state index in [0.29, 0.717) is 10.6 Å². The molecule has 0 atom stereocenters. The highest BCUT2D eigenvalue weighted by Crippen LogP contribution is 2.30. The molecule has 2 aromatic carbocycles. The zero-order valence-corrected chi connectivity index (χ0v) is 10.7. The maximum Gasteiger partial charge on any atom is 0.150 e. The van der Waals surface area contributed by atoms with Crippen molar-refractivity contribution in [1.82, 2.24) is 0 Å². The summed E-state index contributed by atoms with van der Waals surface area (Å²) in [4.78, 5) is 0.439. The molecule has 0 aliphatic carbocycles. The first-order chi connectivity index (χ1) is 8.56. The molecule has 2 rings (SSSR count). The Morgan fingerprint density at radius 1 is 1.17 bits per heavy atom. The fourth-order valence-corrected chi connectivity index (χ4v) is 2.59. The molecule has 0 bridgehead atoms. The molecule has 0 aliphatic rings. The Bertz CT molecular complexity index is 570. The summed E-state index contributed by atoms with van der Waals surface area (Å²) in [5.41, 5.74) is 7.85. The van der Waals surface area contributed by atoms with Gasteiger partial charge < -0.3 is 5.73 Å². The Morgan fingerprint density at radius 3 is 2.67 bits per heavy atom. The minimum Gasteiger partial charge on any atom is -0.395 e. The summed E-state index contributed by atoms with van der Waals surface area (Å²) < 4.78 is 26.3. The minimum atomic E-state index is -0.707. The quantitative estimate of drug-likeness (QED) is 0.666. The lowest BCUT2D eigenvalue weighted by molar-refractivity contribution is 0.581. The van der Waals surface area contributed by atoms with Gasteiger partial charge in [-0.1, -0.05) is 29.8 Å². The second-order valence-electron chi connectivity index (χ2n) is 4.08. The normalized spacial score (nSPS) is 10.6. The van der Waals surface area contributed by atoms with Gasteiger partial charge in [-0.25, -0.2) is 8.78 Å². The molecule has 0 saturated heterocycles. The molecule has 2 N–H and O–H groups in total. The number of halogens is 2. The van der Waals surface area contributed by atoms with Crippen LogP contribution in [0.3, 0.4) is 0 Å². The van der Waals surface area contributed by atoms with Gasteiger partial charge in [-0.2, -0.15) is 0 Å². The number of aryl methyl sites for hydroxylation is 1. The van der Waals surface area contributed by atoms with Crippen LogP contribution in [0.25, 0.3) is 0 Å². The number of benzene rings is 2. The molecule has 0 aliphatic heterocycles. The molecule has 0 spiro atoms. The lowest BCUT2D eigenvalue weighted by Crippen LogP contribution is -1.95. The number of hydrogen-bond acceptors (Lipinski definition) is 2. The Morgan fingerprint density at radius 2 is 1.94 bits per heavy atom. The predicted molar refractivity (Wildman–Crippen MR) is 71.5 cm³/mol. The van der Waals surface area contributed by atoms with Gasteiger partial charge >= 0.3 is 0 Å². The molecule has 0 unspecified atom stereocenters. The van der Waals surface area contributed by atoms with Gasteiger partial charge in [0.05, 0.1) is 5.69 Å². The fraction of sp³-hybridized carbons (Fsp3) is 0.143. The number of nitrogens with two attached hydrogens (primary N) is 1. The van der Waals surface area contributed by atoms with E-state index >= 15 is 0 Å². The third kappa shape index (κ3) is 3.01. The Kier molecular flexibility index (Phi) is 3.87. The molecule has 0 amide bonds. The van der Waals surface area contributed by atoms with Crippen LogP contribution in [-0.2, 0) is 5.75 Å². The van der Waals surface area contributed by atoms with Crippen LogP contribution in [0.4, 0.5) is 14.5 Å². The molecule has 94 valence electrons. The van der Waals surface area contributed by atoms with Crippen LogP contribution in [0.2, 0.25) is 0 Å². The van der Waals surface area contributed by atoms with Crippen LogP contribution in [0.1, 0.15) is 11.1 Å². The van der Waals surface area contributed by atoms with Crippen LogP contribution >= 0.6 is 11.8 Å². The van der Waals surface area contributed by atoms with E-state index in [4.69, 9.17) is 5.73 Å². The zero-order valence-electron chi connectivity index (χ0n) is 9.91. The maximum atomic E-state index is 13.3. The second kappa shape index (κ2) is 5.40. The number of nitrogen functional groups attached to an aromatic ring is 1. The Labute approximate surface area is 109 Å². The molecule has 4 heteroatoms. The molecular formula is C14H13F2NS. The molecule has 18 heavy (non-hydrogen) atoms. The molecule has 0 heterocycles. The standard InChI is InChI=1S/C14H13F2NS/c1-9-3-2-4-10(5-9)8-18-13-7-11(15)6-12(16)14(13)17/h2-7H,8,17H2,1H3. The van der Waals surface area contributed by atoms with Crippen LogP contribution in [-0.4, -0.2) is 0 Å². The van der Waals surface area contributed by atoms with Crippen LogP contribution in [0.15, 0.2) is 41.3 Å². The van der Waals surface area contributed by atoms with Gasteiger partial charge in [-0.3, -0.25) is 0 Å².